The van der Waals surface area contributed by atoms with E-state index in [0.29, 0.717) is 18.1 Å². The third-order valence-corrected chi connectivity index (χ3v) is 7.67. The fourth-order valence-electron chi connectivity index (χ4n) is 4.63. The quantitative estimate of drug-likeness (QED) is 0.288. The van der Waals surface area contributed by atoms with Gasteiger partial charge in [-0.1, -0.05) is 18.9 Å². The topological polar surface area (TPSA) is 121 Å². The van der Waals surface area contributed by atoms with E-state index in [1.807, 2.05) is 18.0 Å². The Hall–Kier alpha value is -3.41. The van der Waals surface area contributed by atoms with Crippen LogP contribution in [-0.2, 0) is 16.9 Å². The maximum Gasteiger partial charge on any atom is 0.251 e. The molecule has 208 valence electrons. The Morgan fingerprint density at radius 2 is 1.85 bits per heavy atom. The van der Waals surface area contributed by atoms with Crippen molar-refractivity contribution < 1.29 is 23.5 Å². The number of pyridine rings is 1. The van der Waals surface area contributed by atoms with E-state index in [2.05, 4.69) is 15.6 Å². The molecule has 2 heterocycles. The molecular weight excluding hydrogens is 524 g/mol. The third kappa shape index (κ3) is 7.17. The number of hydrogen-bond donors (Lipinski definition) is 4. The van der Waals surface area contributed by atoms with Crippen LogP contribution in [0.3, 0.4) is 0 Å². The SMILES string of the molecule is CN(CC(=O)NC1CCCC1)Cc1cccc(Nc2sc(-c3c(F)cc(C(C)(C)O)cc3F)cc2C(N)=O)n1. The summed E-state index contributed by atoms with van der Waals surface area (Å²) < 4.78 is 29.9. The zero-order valence-corrected chi connectivity index (χ0v) is 23.0. The highest BCUT2D eigenvalue weighted by Gasteiger charge is 2.25. The van der Waals surface area contributed by atoms with Crippen LogP contribution in [0.1, 0.15) is 61.1 Å². The number of thiophene rings is 1. The minimum atomic E-state index is -1.43. The van der Waals surface area contributed by atoms with Gasteiger partial charge in [0, 0.05) is 17.5 Å². The number of halogens is 2. The fraction of sp³-hybridized carbons (Fsp3) is 0.393. The molecule has 5 N–H and O–H groups in total. The van der Waals surface area contributed by atoms with Crippen molar-refractivity contribution in [3.8, 4) is 10.4 Å². The molecule has 0 atom stereocenters. The van der Waals surface area contributed by atoms with Crippen LogP contribution in [0.4, 0.5) is 19.6 Å². The standard InChI is InChI=1S/C28H33F2N5O3S/c1-28(2,38)16-11-20(29)25(21(30)12-16)22-13-19(26(31)37)27(39-22)34-23-10-6-9-18(32-23)14-35(3)15-24(36)33-17-7-4-5-8-17/h6,9-13,17,38H,4-5,7-8,14-15H2,1-3H3,(H2,31,37)(H,32,34)(H,33,36). The molecule has 4 rings (SSSR count). The van der Waals surface area contributed by atoms with Gasteiger partial charge in [0.05, 0.1) is 29.0 Å². The highest BCUT2D eigenvalue weighted by molar-refractivity contribution is 7.20. The Morgan fingerprint density at radius 3 is 2.46 bits per heavy atom. The number of amides is 2. The van der Waals surface area contributed by atoms with E-state index in [4.69, 9.17) is 5.73 Å². The van der Waals surface area contributed by atoms with Crippen molar-refractivity contribution in [1.29, 1.82) is 0 Å². The molecule has 8 nitrogen and oxygen atoms in total. The second kappa shape index (κ2) is 11.8. The number of likely N-dealkylation sites (N-methyl/N-ethyl adjacent to an activating group) is 1. The molecule has 1 aromatic carbocycles. The first kappa shape index (κ1) is 28.6. The minimum Gasteiger partial charge on any atom is -0.386 e. The summed E-state index contributed by atoms with van der Waals surface area (Å²) in [6, 6.07) is 9.04. The summed E-state index contributed by atoms with van der Waals surface area (Å²) in [6.45, 7) is 3.52. The molecule has 11 heteroatoms. The smallest absolute Gasteiger partial charge is 0.251 e. The molecule has 0 bridgehead atoms. The summed E-state index contributed by atoms with van der Waals surface area (Å²) in [5, 5.41) is 16.5. The fourth-order valence-corrected chi connectivity index (χ4v) is 5.75. The summed E-state index contributed by atoms with van der Waals surface area (Å²) in [5.41, 5.74) is 4.66. The Bertz CT molecular complexity index is 1340. The maximum absolute atomic E-state index is 14.9. The van der Waals surface area contributed by atoms with E-state index < -0.39 is 23.1 Å². The van der Waals surface area contributed by atoms with E-state index in [-0.39, 0.29) is 45.1 Å². The monoisotopic (exact) mass is 557 g/mol. The van der Waals surface area contributed by atoms with Crippen molar-refractivity contribution >= 4 is 34.0 Å². The Kier molecular flexibility index (Phi) is 8.63. The molecule has 39 heavy (non-hydrogen) atoms. The van der Waals surface area contributed by atoms with Gasteiger partial charge in [0.2, 0.25) is 5.91 Å². The summed E-state index contributed by atoms with van der Waals surface area (Å²) >= 11 is 0.963. The first-order chi connectivity index (χ1) is 18.4. The van der Waals surface area contributed by atoms with Gasteiger partial charge in [0.15, 0.2) is 0 Å². The average molecular weight is 558 g/mol. The molecule has 0 spiro atoms. The zero-order chi connectivity index (χ0) is 28.3. The van der Waals surface area contributed by atoms with Crippen molar-refractivity contribution in [2.24, 2.45) is 5.73 Å². The maximum atomic E-state index is 14.9. The lowest BCUT2D eigenvalue weighted by atomic mass is 9.96. The molecule has 1 fully saturated rings. The van der Waals surface area contributed by atoms with E-state index in [1.54, 1.807) is 12.1 Å². The second-order valence-electron chi connectivity index (χ2n) is 10.5. The molecular formula is C28H33F2N5O3S. The number of hydrogen-bond acceptors (Lipinski definition) is 7. The molecule has 0 radical (unpaired) electrons. The van der Waals surface area contributed by atoms with Crippen LogP contribution in [-0.4, -0.2) is 46.4 Å². The van der Waals surface area contributed by atoms with Crippen molar-refractivity contribution in [3.05, 3.63) is 64.9 Å². The number of aromatic nitrogens is 1. The number of carbonyl (C=O) groups is 2. The highest BCUT2D eigenvalue weighted by Crippen LogP contribution is 2.40. The van der Waals surface area contributed by atoms with Gasteiger partial charge < -0.3 is 21.5 Å². The van der Waals surface area contributed by atoms with Gasteiger partial charge >= 0.3 is 0 Å². The zero-order valence-electron chi connectivity index (χ0n) is 22.2. The predicted octanol–water partition coefficient (Wildman–Crippen LogP) is 4.65. The Balaban J connectivity index is 1.50. The number of nitrogens with zero attached hydrogens (tertiary/aromatic N) is 2. The van der Waals surface area contributed by atoms with Gasteiger partial charge in [-0.3, -0.25) is 14.5 Å². The first-order valence-electron chi connectivity index (χ1n) is 12.8. The number of anilines is 2. The molecule has 0 saturated heterocycles. The largest absolute Gasteiger partial charge is 0.386 e. The molecule has 2 aromatic heterocycles. The molecule has 0 unspecified atom stereocenters. The van der Waals surface area contributed by atoms with Crippen LogP contribution >= 0.6 is 11.3 Å². The summed E-state index contributed by atoms with van der Waals surface area (Å²) in [6.07, 6.45) is 4.33. The normalized spacial score (nSPS) is 14.1. The van der Waals surface area contributed by atoms with E-state index in [0.717, 1.165) is 49.2 Å². The van der Waals surface area contributed by atoms with Gasteiger partial charge in [-0.2, -0.15) is 0 Å². The van der Waals surface area contributed by atoms with Crippen molar-refractivity contribution in [3.63, 3.8) is 0 Å². The van der Waals surface area contributed by atoms with Crippen molar-refractivity contribution in [2.45, 2.75) is 57.7 Å². The highest BCUT2D eigenvalue weighted by atomic mass is 32.1. The molecule has 1 aliphatic carbocycles. The van der Waals surface area contributed by atoms with Crippen LogP contribution in [0.15, 0.2) is 36.4 Å². The summed E-state index contributed by atoms with van der Waals surface area (Å²) in [5.74, 6) is -2.11. The van der Waals surface area contributed by atoms with Crippen LogP contribution in [0, 0.1) is 11.6 Å². The third-order valence-electron chi connectivity index (χ3n) is 6.61. The van der Waals surface area contributed by atoms with Gasteiger partial charge in [0.1, 0.15) is 22.5 Å². The number of primary amides is 1. The van der Waals surface area contributed by atoms with E-state index in [1.165, 1.54) is 19.9 Å². The van der Waals surface area contributed by atoms with Crippen LogP contribution in [0.25, 0.3) is 10.4 Å². The number of benzene rings is 1. The number of nitrogens with one attached hydrogen (secondary N) is 2. The Morgan fingerprint density at radius 1 is 1.18 bits per heavy atom. The number of carbonyl (C=O) groups excluding carboxylic acids is 2. The average Bonchev–Trinajstić information content (AvgIpc) is 3.48. The van der Waals surface area contributed by atoms with Crippen molar-refractivity contribution in [1.82, 2.24) is 15.2 Å². The van der Waals surface area contributed by atoms with Gasteiger partial charge in [-0.25, -0.2) is 13.8 Å². The van der Waals surface area contributed by atoms with E-state index >= 15 is 0 Å². The van der Waals surface area contributed by atoms with Crippen LogP contribution in [0.2, 0.25) is 0 Å². The molecule has 1 saturated carbocycles. The number of rotatable bonds is 10. The van der Waals surface area contributed by atoms with E-state index in [9.17, 15) is 23.5 Å². The lowest BCUT2D eigenvalue weighted by Gasteiger charge is -2.18. The van der Waals surface area contributed by atoms with Gasteiger partial charge in [-0.15, -0.1) is 11.3 Å². The molecule has 3 aromatic rings. The van der Waals surface area contributed by atoms with Crippen LogP contribution < -0.4 is 16.4 Å². The number of aliphatic hydroxyl groups is 1. The summed E-state index contributed by atoms with van der Waals surface area (Å²) in [7, 11) is 1.83. The summed E-state index contributed by atoms with van der Waals surface area (Å²) in [4.78, 5) is 31.1. The minimum absolute atomic E-state index is 0.0223. The van der Waals surface area contributed by atoms with Crippen LogP contribution in [0.5, 0.6) is 0 Å². The lowest BCUT2D eigenvalue weighted by molar-refractivity contribution is -0.122. The second-order valence-corrected chi connectivity index (χ2v) is 11.5. The number of nitrogens with two attached hydrogens (primary N) is 1. The lowest BCUT2D eigenvalue weighted by Crippen LogP contribution is -2.39. The van der Waals surface area contributed by atoms with Gasteiger partial charge in [0.25, 0.3) is 5.91 Å². The van der Waals surface area contributed by atoms with Gasteiger partial charge in [-0.05, 0) is 69.6 Å². The molecule has 0 aliphatic heterocycles. The Labute approximate surface area is 230 Å². The predicted molar refractivity (Wildman–Crippen MR) is 148 cm³/mol. The first-order valence-corrected chi connectivity index (χ1v) is 13.6. The van der Waals surface area contributed by atoms with Crippen molar-refractivity contribution in [2.75, 3.05) is 18.9 Å². The molecule has 1 aliphatic rings. The molecule has 2 amide bonds.